The van der Waals surface area contributed by atoms with Gasteiger partial charge in [-0.3, -0.25) is 4.79 Å². The van der Waals surface area contributed by atoms with Crippen molar-refractivity contribution in [3.05, 3.63) is 45.7 Å². The first-order chi connectivity index (χ1) is 11.1. The third-order valence-corrected chi connectivity index (χ3v) is 4.75. The van der Waals surface area contributed by atoms with Gasteiger partial charge in [0.15, 0.2) is 0 Å². The Hall–Kier alpha value is -2.23. The van der Waals surface area contributed by atoms with E-state index in [0.29, 0.717) is 12.0 Å². The molecule has 23 heavy (non-hydrogen) atoms. The quantitative estimate of drug-likeness (QED) is 0.910. The molecule has 4 heteroatoms. The number of aromatic hydroxyl groups is 1. The zero-order chi connectivity index (χ0) is 16.4. The second kappa shape index (κ2) is 6.49. The van der Waals surface area contributed by atoms with Gasteiger partial charge < -0.3 is 15.0 Å². The van der Waals surface area contributed by atoms with Gasteiger partial charge in [-0.2, -0.15) is 0 Å². The molecular formula is C19H24N2O2. The summed E-state index contributed by atoms with van der Waals surface area (Å²) in [6, 6.07) is 8.15. The van der Waals surface area contributed by atoms with Crippen molar-refractivity contribution in [3.8, 4) is 17.0 Å². The van der Waals surface area contributed by atoms with Gasteiger partial charge in [0.2, 0.25) is 0 Å². The number of nitrogens with zero attached hydrogens (tertiary/aromatic N) is 1. The molecular weight excluding hydrogens is 288 g/mol. The lowest BCUT2D eigenvalue weighted by molar-refractivity contribution is 0.463. The van der Waals surface area contributed by atoms with Crippen LogP contribution in [0.3, 0.4) is 0 Å². The van der Waals surface area contributed by atoms with E-state index in [-0.39, 0.29) is 11.3 Å². The van der Waals surface area contributed by atoms with Crippen LogP contribution in [0.25, 0.3) is 11.3 Å². The lowest BCUT2D eigenvalue weighted by Crippen LogP contribution is -2.30. The third-order valence-electron chi connectivity index (χ3n) is 4.75. The fourth-order valence-electron chi connectivity index (χ4n) is 3.40. The fraction of sp³-hybridized carbons (Fsp3) is 0.421. The van der Waals surface area contributed by atoms with E-state index in [1.54, 1.807) is 6.92 Å². The summed E-state index contributed by atoms with van der Waals surface area (Å²) in [5.74, 6) is 0.125. The SMILES string of the molecule is CCc1c(-c2ccccc2N2CCCCC2)[nH]c(=O)c(C)c1O. The Balaban J connectivity index is 2.18. The molecule has 1 aliphatic rings. The lowest BCUT2D eigenvalue weighted by atomic mass is 9.98. The molecule has 2 aromatic rings. The number of pyridine rings is 1. The van der Waals surface area contributed by atoms with Crippen molar-refractivity contribution in [2.24, 2.45) is 0 Å². The van der Waals surface area contributed by atoms with E-state index < -0.39 is 0 Å². The number of para-hydroxylation sites is 1. The van der Waals surface area contributed by atoms with Crippen molar-refractivity contribution in [2.75, 3.05) is 18.0 Å². The minimum absolute atomic E-state index is 0.125. The van der Waals surface area contributed by atoms with Crippen LogP contribution in [-0.2, 0) is 6.42 Å². The molecule has 0 amide bonds. The maximum atomic E-state index is 12.2. The fourth-order valence-corrected chi connectivity index (χ4v) is 3.40. The van der Waals surface area contributed by atoms with Gasteiger partial charge in [0.1, 0.15) is 5.75 Å². The molecule has 0 aliphatic carbocycles. The van der Waals surface area contributed by atoms with Crippen LogP contribution in [0, 0.1) is 6.92 Å². The van der Waals surface area contributed by atoms with Gasteiger partial charge in [-0.05, 0) is 38.7 Å². The second-order valence-corrected chi connectivity index (χ2v) is 6.20. The number of hydrogen-bond acceptors (Lipinski definition) is 3. The highest BCUT2D eigenvalue weighted by molar-refractivity contribution is 5.79. The molecule has 2 N–H and O–H groups in total. The number of anilines is 1. The molecule has 2 heterocycles. The Morgan fingerprint density at radius 3 is 2.57 bits per heavy atom. The molecule has 0 bridgehead atoms. The maximum Gasteiger partial charge on any atom is 0.255 e. The number of rotatable bonds is 3. The summed E-state index contributed by atoms with van der Waals surface area (Å²) in [6.07, 6.45) is 4.35. The van der Waals surface area contributed by atoms with Crippen LogP contribution >= 0.6 is 0 Å². The molecule has 1 aromatic heterocycles. The monoisotopic (exact) mass is 312 g/mol. The van der Waals surface area contributed by atoms with Gasteiger partial charge >= 0.3 is 0 Å². The molecule has 3 rings (SSSR count). The topological polar surface area (TPSA) is 56.3 Å². The molecule has 1 aliphatic heterocycles. The van der Waals surface area contributed by atoms with Crippen molar-refractivity contribution in [1.82, 2.24) is 4.98 Å². The predicted octanol–water partition coefficient (Wildman–Crippen LogP) is 3.61. The van der Waals surface area contributed by atoms with Gasteiger partial charge in [-0.15, -0.1) is 0 Å². The van der Waals surface area contributed by atoms with Crippen LogP contribution in [0.2, 0.25) is 0 Å². The van der Waals surface area contributed by atoms with Gasteiger partial charge in [-0.25, -0.2) is 0 Å². The molecule has 0 radical (unpaired) electrons. The van der Waals surface area contributed by atoms with Gasteiger partial charge in [0.25, 0.3) is 5.56 Å². The summed E-state index contributed by atoms with van der Waals surface area (Å²) in [5.41, 5.74) is 3.87. The third kappa shape index (κ3) is 2.85. The molecule has 0 spiro atoms. The Bertz CT molecular complexity index is 758. The molecule has 1 fully saturated rings. The summed E-state index contributed by atoms with van der Waals surface area (Å²) < 4.78 is 0. The van der Waals surface area contributed by atoms with Crippen LogP contribution in [0.5, 0.6) is 5.75 Å². The lowest BCUT2D eigenvalue weighted by Gasteiger charge is -2.31. The van der Waals surface area contributed by atoms with E-state index in [0.717, 1.165) is 35.6 Å². The smallest absolute Gasteiger partial charge is 0.255 e. The van der Waals surface area contributed by atoms with E-state index in [1.807, 2.05) is 25.1 Å². The molecule has 1 saturated heterocycles. The standard InChI is InChI=1S/C19H24N2O2/c1-3-14-17(20-19(23)13(2)18(14)22)15-9-5-6-10-16(15)21-11-7-4-8-12-21/h5-6,9-10H,3-4,7-8,11-12H2,1-2H3,(H2,20,22,23). The average Bonchev–Trinajstić information content (AvgIpc) is 2.60. The Morgan fingerprint density at radius 1 is 1.17 bits per heavy atom. The average molecular weight is 312 g/mol. The van der Waals surface area contributed by atoms with Crippen molar-refractivity contribution < 1.29 is 5.11 Å². The normalized spacial score (nSPS) is 15.0. The van der Waals surface area contributed by atoms with E-state index in [9.17, 15) is 9.90 Å². The molecule has 0 atom stereocenters. The molecule has 1 aromatic carbocycles. The number of H-pyrrole nitrogens is 1. The Morgan fingerprint density at radius 2 is 1.87 bits per heavy atom. The summed E-state index contributed by atoms with van der Waals surface area (Å²) in [5, 5.41) is 10.4. The number of nitrogens with one attached hydrogen (secondary N) is 1. The highest BCUT2D eigenvalue weighted by Gasteiger charge is 2.20. The van der Waals surface area contributed by atoms with Crippen LogP contribution in [0.4, 0.5) is 5.69 Å². The minimum atomic E-state index is -0.219. The van der Waals surface area contributed by atoms with Gasteiger partial charge in [0.05, 0.1) is 11.3 Å². The minimum Gasteiger partial charge on any atom is -0.507 e. The first-order valence-electron chi connectivity index (χ1n) is 8.42. The summed E-state index contributed by atoms with van der Waals surface area (Å²) in [4.78, 5) is 17.5. The molecule has 122 valence electrons. The number of aromatic nitrogens is 1. The van der Waals surface area contributed by atoms with Crippen LogP contribution < -0.4 is 10.5 Å². The highest BCUT2D eigenvalue weighted by atomic mass is 16.3. The van der Waals surface area contributed by atoms with E-state index in [4.69, 9.17) is 0 Å². The number of benzene rings is 1. The van der Waals surface area contributed by atoms with Crippen LogP contribution in [0.1, 0.15) is 37.3 Å². The van der Waals surface area contributed by atoms with Crippen LogP contribution in [-0.4, -0.2) is 23.2 Å². The van der Waals surface area contributed by atoms with Crippen molar-refractivity contribution >= 4 is 5.69 Å². The predicted molar refractivity (Wildman–Crippen MR) is 94.3 cm³/mol. The van der Waals surface area contributed by atoms with Crippen molar-refractivity contribution in [1.29, 1.82) is 0 Å². The first-order valence-corrected chi connectivity index (χ1v) is 8.42. The summed E-state index contributed by atoms with van der Waals surface area (Å²) in [7, 11) is 0. The summed E-state index contributed by atoms with van der Waals surface area (Å²) in [6.45, 7) is 5.74. The highest BCUT2D eigenvalue weighted by Crippen LogP contribution is 2.36. The largest absolute Gasteiger partial charge is 0.507 e. The Kier molecular flexibility index (Phi) is 4.42. The van der Waals surface area contributed by atoms with E-state index in [2.05, 4.69) is 16.0 Å². The first kappa shape index (κ1) is 15.7. The van der Waals surface area contributed by atoms with Crippen LogP contribution in [0.15, 0.2) is 29.1 Å². The second-order valence-electron chi connectivity index (χ2n) is 6.20. The zero-order valence-electron chi connectivity index (χ0n) is 13.9. The number of hydrogen-bond donors (Lipinski definition) is 2. The number of piperidine rings is 1. The molecule has 0 saturated carbocycles. The Labute approximate surface area is 136 Å². The summed E-state index contributed by atoms with van der Waals surface area (Å²) >= 11 is 0. The molecule has 0 unspecified atom stereocenters. The van der Waals surface area contributed by atoms with Crippen molar-refractivity contribution in [3.63, 3.8) is 0 Å². The van der Waals surface area contributed by atoms with E-state index in [1.165, 1.54) is 19.3 Å². The van der Waals surface area contributed by atoms with Crippen molar-refractivity contribution in [2.45, 2.75) is 39.5 Å². The van der Waals surface area contributed by atoms with Gasteiger partial charge in [0, 0.05) is 29.9 Å². The van der Waals surface area contributed by atoms with E-state index >= 15 is 0 Å². The molecule has 4 nitrogen and oxygen atoms in total. The zero-order valence-corrected chi connectivity index (χ0v) is 13.9. The number of aromatic amines is 1. The maximum absolute atomic E-state index is 12.2. The van der Waals surface area contributed by atoms with Gasteiger partial charge in [-0.1, -0.05) is 25.1 Å².